The minimum Gasteiger partial charge on any atom is -0.487 e. The molecule has 0 bridgehead atoms. The summed E-state index contributed by atoms with van der Waals surface area (Å²) in [6.45, 7) is 1.14. The highest BCUT2D eigenvalue weighted by atomic mass is 79.9. The average Bonchev–Trinajstić information content (AvgIpc) is 2.38. The van der Waals surface area contributed by atoms with Crippen molar-refractivity contribution >= 4 is 39.1 Å². The van der Waals surface area contributed by atoms with Crippen molar-refractivity contribution in [2.75, 3.05) is 7.05 Å². The quantitative estimate of drug-likeness (QED) is 0.790. The first-order valence-corrected chi connectivity index (χ1v) is 7.65. The Morgan fingerprint density at radius 2 is 1.95 bits per heavy atom. The van der Waals surface area contributed by atoms with Crippen LogP contribution in [0.3, 0.4) is 0 Å². The van der Waals surface area contributed by atoms with E-state index in [0.717, 1.165) is 21.3 Å². The maximum Gasteiger partial charge on any atom is 0.138 e. The van der Waals surface area contributed by atoms with Crippen LogP contribution in [0.15, 0.2) is 40.9 Å². The minimum absolute atomic E-state index is 0.456. The number of benzene rings is 2. The summed E-state index contributed by atoms with van der Waals surface area (Å²) in [4.78, 5) is 0. The molecule has 0 unspecified atom stereocenters. The fourth-order valence-corrected chi connectivity index (χ4v) is 3.08. The van der Waals surface area contributed by atoms with Gasteiger partial charge in [-0.15, -0.1) is 0 Å². The molecule has 1 N–H and O–H groups in total. The summed E-state index contributed by atoms with van der Waals surface area (Å²) >= 11 is 15.5. The van der Waals surface area contributed by atoms with E-state index in [2.05, 4.69) is 21.2 Å². The van der Waals surface area contributed by atoms with Gasteiger partial charge < -0.3 is 10.1 Å². The maximum absolute atomic E-state index is 6.07. The Labute approximate surface area is 137 Å². The fraction of sp³-hybridized carbons (Fsp3) is 0.200. The van der Waals surface area contributed by atoms with Crippen molar-refractivity contribution in [3.8, 4) is 5.75 Å². The van der Waals surface area contributed by atoms with Crippen molar-refractivity contribution < 1.29 is 4.74 Å². The first-order chi connectivity index (χ1) is 9.60. The van der Waals surface area contributed by atoms with E-state index >= 15 is 0 Å². The second-order valence-electron chi connectivity index (χ2n) is 4.32. The van der Waals surface area contributed by atoms with Crippen molar-refractivity contribution in [1.29, 1.82) is 0 Å². The maximum atomic E-state index is 6.07. The van der Waals surface area contributed by atoms with Gasteiger partial charge in [-0.25, -0.2) is 0 Å². The molecule has 0 aromatic heterocycles. The van der Waals surface area contributed by atoms with E-state index in [4.69, 9.17) is 27.9 Å². The van der Waals surface area contributed by atoms with Crippen LogP contribution in [0, 0.1) is 0 Å². The van der Waals surface area contributed by atoms with Crippen LogP contribution in [0.5, 0.6) is 5.75 Å². The normalized spacial score (nSPS) is 10.6. The lowest BCUT2D eigenvalue weighted by Gasteiger charge is -2.14. The fourth-order valence-electron chi connectivity index (χ4n) is 1.88. The Morgan fingerprint density at radius 3 is 2.65 bits per heavy atom. The van der Waals surface area contributed by atoms with Gasteiger partial charge >= 0.3 is 0 Å². The monoisotopic (exact) mass is 373 g/mol. The SMILES string of the molecule is CNCc1cc(Cl)cc(Br)c1OCc1cccc(Cl)c1. The Kier molecular flexibility index (Phi) is 5.73. The van der Waals surface area contributed by atoms with Crippen LogP contribution in [0.1, 0.15) is 11.1 Å². The number of hydrogen-bond donors (Lipinski definition) is 1. The number of halogens is 3. The van der Waals surface area contributed by atoms with Gasteiger partial charge in [0.05, 0.1) is 4.47 Å². The molecule has 2 rings (SSSR count). The average molecular weight is 375 g/mol. The van der Waals surface area contributed by atoms with Crippen LogP contribution < -0.4 is 10.1 Å². The van der Waals surface area contributed by atoms with Gasteiger partial charge in [0.1, 0.15) is 12.4 Å². The van der Waals surface area contributed by atoms with Gasteiger partial charge in [0, 0.05) is 22.2 Å². The molecular formula is C15H14BrCl2NO. The van der Waals surface area contributed by atoms with Gasteiger partial charge in [0.15, 0.2) is 0 Å². The van der Waals surface area contributed by atoms with Crippen molar-refractivity contribution in [3.05, 3.63) is 62.0 Å². The summed E-state index contributed by atoms with van der Waals surface area (Å²) in [5, 5.41) is 4.49. The van der Waals surface area contributed by atoms with Gasteiger partial charge in [-0.3, -0.25) is 0 Å². The predicted octanol–water partition coefficient (Wildman–Crippen LogP) is 5.05. The Hall–Kier alpha value is -0.740. The third kappa shape index (κ3) is 4.13. The van der Waals surface area contributed by atoms with Crippen molar-refractivity contribution in [2.45, 2.75) is 13.2 Å². The van der Waals surface area contributed by atoms with E-state index in [1.807, 2.05) is 43.4 Å². The first-order valence-electron chi connectivity index (χ1n) is 6.10. The predicted molar refractivity (Wildman–Crippen MR) is 87.7 cm³/mol. The van der Waals surface area contributed by atoms with Crippen LogP contribution in [-0.2, 0) is 13.2 Å². The van der Waals surface area contributed by atoms with Gasteiger partial charge in [-0.05, 0) is 52.8 Å². The summed E-state index contributed by atoms with van der Waals surface area (Å²) in [7, 11) is 1.88. The molecule has 0 aliphatic rings. The zero-order valence-corrected chi connectivity index (χ0v) is 14.0. The van der Waals surface area contributed by atoms with E-state index in [0.29, 0.717) is 23.2 Å². The van der Waals surface area contributed by atoms with E-state index in [1.54, 1.807) is 0 Å². The summed E-state index contributed by atoms with van der Waals surface area (Å²) in [6.07, 6.45) is 0. The lowest BCUT2D eigenvalue weighted by molar-refractivity contribution is 0.300. The van der Waals surface area contributed by atoms with Crippen LogP contribution in [0.4, 0.5) is 0 Å². The highest BCUT2D eigenvalue weighted by Gasteiger charge is 2.10. The third-order valence-electron chi connectivity index (χ3n) is 2.72. The molecule has 0 atom stereocenters. The van der Waals surface area contributed by atoms with Crippen molar-refractivity contribution in [2.24, 2.45) is 0 Å². The van der Waals surface area contributed by atoms with Crippen LogP contribution in [0.2, 0.25) is 10.0 Å². The minimum atomic E-state index is 0.456. The summed E-state index contributed by atoms with van der Waals surface area (Å²) in [5.41, 5.74) is 2.03. The molecule has 0 amide bonds. The lowest BCUT2D eigenvalue weighted by atomic mass is 10.2. The van der Waals surface area contributed by atoms with E-state index < -0.39 is 0 Å². The van der Waals surface area contributed by atoms with Crippen molar-refractivity contribution in [1.82, 2.24) is 5.32 Å². The molecule has 2 nitrogen and oxygen atoms in total. The molecular weight excluding hydrogens is 361 g/mol. The number of ether oxygens (including phenoxy) is 1. The van der Waals surface area contributed by atoms with Crippen LogP contribution in [-0.4, -0.2) is 7.05 Å². The Bertz CT molecular complexity index is 604. The molecule has 5 heteroatoms. The lowest BCUT2D eigenvalue weighted by Crippen LogP contribution is -2.08. The van der Waals surface area contributed by atoms with Gasteiger partial charge in [0.2, 0.25) is 0 Å². The summed E-state index contributed by atoms with van der Waals surface area (Å²) < 4.78 is 6.76. The molecule has 0 saturated heterocycles. The van der Waals surface area contributed by atoms with E-state index in [1.165, 1.54) is 0 Å². The summed E-state index contributed by atoms with van der Waals surface area (Å²) in [5.74, 6) is 0.795. The van der Waals surface area contributed by atoms with E-state index in [9.17, 15) is 0 Å². The molecule has 0 aliphatic carbocycles. The summed E-state index contributed by atoms with van der Waals surface area (Å²) in [6, 6.07) is 11.4. The number of hydrogen-bond acceptors (Lipinski definition) is 2. The molecule has 0 fully saturated rings. The molecule has 0 saturated carbocycles. The smallest absolute Gasteiger partial charge is 0.138 e. The number of rotatable bonds is 5. The first kappa shape index (κ1) is 15.6. The molecule has 2 aromatic rings. The zero-order chi connectivity index (χ0) is 14.5. The third-order valence-corrected chi connectivity index (χ3v) is 3.77. The Morgan fingerprint density at radius 1 is 1.15 bits per heavy atom. The van der Waals surface area contributed by atoms with Crippen LogP contribution in [0.25, 0.3) is 0 Å². The van der Waals surface area contributed by atoms with Crippen molar-refractivity contribution in [3.63, 3.8) is 0 Å². The van der Waals surface area contributed by atoms with Crippen LogP contribution >= 0.6 is 39.1 Å². The molecule has 0 radical (unpaired) electrons. The van der Waals surface area contributed by atoms with Gasteiger partial charge in [0.25, 0.3) is 0 Å². The number of nitrogens with one attached hydrogen (secondary N) is 1. The van der Waals surface area contributed by atoms with Gasteiger partial charge in [-0.2, -0.15) is 0 Å². The largest absolute Gasteiger partial charge is 0.487 e. The highest BCUT2D eigenvalue weighted by Crippen LogP contribution is 2.33. The topological polar surface area (TPSA) is 21.3 Å². The second kappa shape index (κ2) is 7.32. The highest BCUT2D eigenvalue weighted by molar-refractivity contribution is 9.10. The Balaban J connectivity index is 2.20. The molecule has 2 aromatic carbocycles. The van der Waals surface area contributed by atoms with Gasteiger partial charge in [-0.1, -0.05) is 35.3 Å². The molecule has 0 aliphatic heterocycles. The zero-order valence-electron chi connectivity index (χ0n) is 10.9. The van der Waals surface area contributed by atoms with E-state index in [-0.39, 0.29) is 0 Å². The second-order valence-corrected chi connectivity index (χ2v) is 6.05. The molecule has 0 spiro atoms. The molecule has 20 heavy (non-hydrogen) atoms. The standard InChI is InChI=1S/C15H14BrCl2NO/c1-19-8-11-6-13(18)7-14(16)15(11)20-9-10-3-2-4-12(17)5-10/h2-7,19H,8-9H2,1H3. The molecule has 0 heterocycles. The molecule has 106 valence electrons.